The van der Waals surface area contributed by atoms with Crippen LogP contribution in [0.2, 0.25) is 0 Å². The first-order valence-electron chi connectivity index (χ1n) is 8.69. The number of carbonyl (C=O) groups excluding carboxylic acids is 1. The van der Waals surface area contributed by atoms with Crippen LogP contribution in [0, 0.1) is 0 Å². The molecule has 0 bridgehead atoms. The summed E-state index contributed by atoms with van der Waals surface area (Å²) in [5.41, 5.74) is 3.91. The Morgan fingerprint density at radius 2 is 1.92 bits per heavy atom. The molecule has 126 valence electrons. The van der Waals surface area contributed by atoms with Gasteiger partial charge in [-0.05, 0) is 54.5 Å². The Hall–Kier alpha value is -2.29. The average Bonchev–Trinajstić information content (AvgIpc) is 3.03. The molecule has 2 aromatic carbocycles. The second kappa shape index (κ2) is 7.52. The zero-order valence-corrected chi connectivity index (χ0v) is 14.5. The number of hydrogen-bond acceptors (Lipinski definition) is 2. The number of benzene rings is 2. The van der Waals surface area contributed by atoms with E-state index >= 15 is 0 Å². The minimum Gasteiger partial charge on any atom is -0.497 e. The van der Waals surface area contributed by atoms with Crippen LogP contribution in [0.15, 0.2) is 48.5 Å². The van der Waals surface area contributed by atoms with Crippen molar-refractivity contribution in [2.75, 3.05) is 13.7 Å². The van der Waals surface area contributed by atoms with Gasteiger partial charge in [0.1, 0.15) is 5.75 Å². The number of rotatable bonds is 6. The van der Waals surface area contributed by atoms with E-state index in [9.17, 15) is 4.79 Å². The first-order chi connectivity index (χ1) is 11.7. The first-order valence-corrected chi connectivity index (χ1v) is 8.69. The molecule has 1 aliphatic rings. The lowest BCUT2D eigenvalue weighted by molar-refractivity contribution is -0.132. The molecule has 24 heavy (non-hydrogen) atoms. The van der Waals surface area contributed by atoms with Crippen molar-refractivity contribution in [3.05, 3.63) is 65.2 Å². The van der Waals surface area contributed by atoms with E-state index in [1.165, 1.54) is 11.1 Å². The number of hydrogen-bond donors (Lipinski definition) is 0. The van der Waals surface area contributed by atoms with Crippen molar-refractivity contribution in [3.63, 3.8) is 0 Å². The van der Waals surface area contributed by atoms with Gasteiger partial charge >= 0.3 is 0 Å². The maximum atomic E-state index is 12.8. The van der Waals surface area contributed by atoms with Gasteiger partial charge in [0.15, 0.2) is 0 Å². The third-order valence-electron chi connectivity index (χ3n) is 4.94. The molecule has 1 amide bonds. The Balaban J connectivity index is 1.64. The van der Waals surface area contributed by atoms with E-state index in [-0.39, 0.29) is 5.91 Å². The maximum absolute atomic E-state index is 12.8. The molecule has 0 saturated heterocycles. The van der Waals surface area contributed by atoms with Crippen LogP contribution in [0.25, 0.3) is 0 Å². The highest BCUT2D eigenvalue weighted by Crippen LogP contribution is 2.35. The van der Waals surface area contributed by atoms with Gasteiger partial charge in [-0.3, -0.25) is 4.79 Å². The van der Waals surface area contributed by atoms with Gasteiger partial charge in [0.2, 0.25) is 5.91 Å². The SMILES string of the molecule is CCN(Cc1ccc(OC)cc1)C(=O)CC1CCc2ccccc21. The van der Waals surface area contributed by atoms with Crippen molar-refractivity contribution in [3.8, 4) is 5.75 Å². The minimum atomic E-state index is 0.245. The van der Waals surface area contributed by atoms with E-state index in [4.69, 9.17) is 4.74 Å². The standard InChI is InChI=1S/C21H25NO2/c1-3-22(15-16-8-12-19(24-2)13-9-16)21(23)14-18-11-10-17-6-4-5-7-20(17)18/h4-9,12-13,18H,3,10-11,14-15H2,1-2H3. The van der Waals surface area contributed by atoms with Gasteiger partial charge in [0, 0.05) is 19.5 Å². The maximum Gasteiger partial charge on any atom is 0.223 e. The number of fused-ring (bicyclic) bond motifs is 1. The molecule has 0 aromatic heterocycles. The molecule has 0 radical (unpaired) electrons. The molecule has 1 unspecified atom stereocenters. The minimum absolute atomic E-state index is 0.245. The molecule has 0 saturated carbocycles. The summed E-state index contributed by atoms with van der Waals surface area (Å²) in [4.78, 5) is 14.7. The van der Waals surface area contributed by atoms with Gasteiger partial charge in [0.05, 0.1) is 7.11 Å². The normalized spacial score (nSPS) is 15.8. The predicted molar refractivity (Wildman–Crippen MR) is 96.2 cm³/mol. The molecular formula is C21H25NO2. The first kappa shape index (κ1) is 16.6. The molecule has 1 atom stereocenters. The van der Waals surface area contributed by atoms with Gasteiger partial charge in [0.25, 0.3) is 0 Å². The zero-order chi connectivity index (χ0) is 16.9. The zero-order valence-electron chi connectivity index (χ0n) is 14.5. The third kappa shape index (κ3) is 3.61. The molecule has 0 N–H and O–H groups in total. The predicted octanol–water partition coefficient (Wildman–Crippen LogP) is 4.16. The monoisotopic (exact) mass is 323 g/mol. The van der Waals surface area contributed by atoms with Crippen LogP contribution in [0.1, 0.15) is 42.4 Å². The molecule has 2 aromatic rings. The van der Waals surface area contributed by atoms with E-state index in [0.29, 0.717) is 18.9 Å². The average molecular weight is 323 g/mol. The summed E-state index contributed by atoms with van der Waals surface area (Å²) >= 11 is 0. The number of nitrogens with zero attached hydrogens (tertiary/aromatic N) is 1. The summed E-state index contributed by atoms with van der Waals surface area (Å²) in [6, 6.07) is 16.5. The summed E-state index contributed by atoms with van der Waals surface area (Å²) in [5, 5.41) is 0. The van der Waals surface area contributed by atoms with Crippen LogP contribution >= 0.6 is 0 Å². The highest BCUT2D eigenvalue weighted by Gasteiger charge is 2.26. The van der Waals surface area contributed by atoms with Gasteiger partial charge in [-0.25, -0.2) is 0 Å². The number of methoxy groups -OCH3 is 1. The van der Waals surface area contributed by atoms with E-state index in [1.54, 1.807) is 7.11 Å². The molecule has 0 spiro atoms. The molecule has 0 aliphatic heterocycles. The molecule has 0 heterocycles. The van der Waals surface area contributed by atoms with Crippen molar-refractivity contribution in [2.24, 2.45) is 0 Å². The Labute approximate surface area is 144 Å². The lowest BCUT2D eigenvalue weighted by Crippen LogP contribution is -2.31. The molecular weight excluding hydrogens is 298 g/mol. The van der Waals surface area contributed by atoms with E-state index in [2.05, 4.69) is 24.3 Å². The number of aryl methyl sites for hydroxylation is 1. The number of carbonyl (C=O) groups is 1. The molecule has 3 heteroatoms. The summed E-state index contributed by atoms with van der Waals surface area (Å²) in [5.74, 6) is 1.46. The summed E-state index contributed by atoms with van der Waals surface area (Å²) in [6.45, 7) is 3.44. The van der Waals surface area contributed by atoms with Gasteiger partial charge in [-0.15, -0.1) is 0 Å². The van der Waals surface area contributed by atoms with Crippen LogP contribution in [0.5, 0.6) is 5.75 Å². The topological polar surface area (TPSA) is 29.5 Å². The van der Waals surface area contributed by atoms with E-state index < -0.39 is 0 Å². The van der Waals surface area contributed by atoms with E-state index in [0.717, 1.165) is 30.7 Å². The Morgan fingerprint density at radius 1 is 1.17 bits per heavy atom. The van der Waals surface area contributed by atoms with Crippen molar-refractivity contribution >= 4 is 5.91 Å². The second-order valence-electron chi connectivity index (χ2n) is 6.39. The van der Waals surface area contributed by atoms with Crippen molar-refractivity contribution in [2.45, 2.75) is 38.6 Å². The quantitative estimate of drug-likeness (QED) is 0.799. The Morgan fingerprint density at radius 3 is 2.62 bits per heavy atom. The summed E-state index contributed by atoms with van der Waals surface area (Å²) in [6.07, 6.45) is 2.80. The van der Waals surface area contributed by atoms with Crippen LogP contribution in [-0.4, -0.2) is 24.5 Å². The lowest BCUT2D eigenvalue weighted by atomic mass is 9.97. The smallest absolute Gasteiger partial charge is 0.223 e. The Kier molecular flexibility index (Phi) is 5.19. The molecule has 1 aliphatic carbocycles. The van der Waals surface area contributed by atoms with Crippen LogP contribution in [0.4, 0.5) is 0 Å². The van der Waals surface area contributed by atoms with Crippen molar-refractivity contribution < 1.29 is 9.53 Å². The fourth-order valence-corrected chi connectivity index (χ4v) is 3.52. The highest BCUT2D eigenvalue weighted by atomic mass is 16.5. The van der Waals surface area contributed by atoms with Crippen LogP contribution < -0.4 is 4.74 Å². The van der Waals surface area contributed by atoms with Crippen molar-refractivity contribution in [1.29, 1.82) is 0 Å². The molecule has 3 rings (SSSR count). The van der Waals surface area contributed by atoms with Crippen LogP contribution in [0.3, 0.4) is 0 Å². The van der Waals surface area contributed by atoms with Gasteiger partial charge < -0.3 is 9.64 Å². The summed E-state index contributed by atoms with van der Waals surface area (Å²) < 4.78 is 5.19. The fraction of sp³-hybridized carbons (Fsp3) is 0.381. The Bertz CT molecular complexity index is 693. The molecule has 3 nitrogen and oxygen atoms in total. The van der Waals surface area contributed by atoms with Gasteiger partial charge in [-0.2, -0.15) is 0 Å². The van der Waals surface area contributed by atoms with Crippen molar-refractivity contribution in [1.82, 2.24) is 4.90 Å². The van der Waals surface area contributed by atoms with Gasteiger partial charge in [-0.1, -0.05) is 36.4 Å². The second-order valence-corrected chi connectivity index (χ2v) is 6.39. The fourth-order valence-electron chi connectivity index (χ4n) is 3.52. The third-order valence-corrected chi connectivity index (χ3v) is 4.94. The van der Waals surface area contributed by atoms with Crippen LogP contribution in [-0.2, 0) is 17.8 Å². The molecule has 0 fully saturated rings. The number of ether oxygens (including phenoxy) is 1. The largest absolute Gasteiger partial charge is 0.497 e. The summed E-state index contributed by atoms with van der Waals surface area (Å²) in [7, 11) is 1.66. The number of amides is 1. The van der Waals surface area contributed by atoms with E-state index in [1.807, 2.05) is 36.1 Å². The highest BCUT2D eigenvalue weighted by molar-refractivity contribution is 5.77. The lowest BCUT2D eigenvalue weighted by Gasteiger charge is -2.23.